The second kappa shape index (κ2) is 6.65. The number of aromatic hydroxyl groups is 1. The molecule has 0 aliphatic rings. The van der Waals surface area contributed by atoms with Crippen LogP contribution in [0.1, 0.15) is 10.4 Å². The first-order chi connectivity index (χ1) is 9.69. The molecule has 1 aromatic heterocycles. The zero-order valence-corrected chi connectivity index (χ0v) is 11.3. The number of rotatable bonds is 6. The van der Waals surface area contributed by atoms with Gasteiger partial charge in [-0.25, -0.2) is 0 Å². The minimum Gasteiger partial charge on any atom is -0.494 e. The maximum Gasteiger partial charge on any atom is 0.307 e. The van der Waals surface area contributed by atoms with E-state index in [0.717, 1.165) is 16.9 Å². The van der Waals surface area contributed by atoms with Gasteiger partial charge < -0.3 is 9.84 Å². The molecule has 0 saturated carbocycles. The van der Waals surface area contributed by atoms with Crippen LogP contribution in [-0.2, 0) is 6.42 Å². The predicted molar refractivity (Wildman–Crippen MR) is 75.4 cm³/mol. The normalized spacial score (nSPS) is 10.0. The molecule has 20 heavy (non-hydrogen) atoms. The van der Waals surface area contributed by atoms with E-state index in [1.807, 2.05) is 12.1 Å². The number of hydrogen-bond donors (Lipinski definition) is 2. The van der Waals surface area contributed by atoms with Crippen LogP contribution in [0.2, 0.25) is 0 Å². The minimum absolute atomic E-state index is 0.0744. The van der Waals surface area contributed by atoms with Crippen LogP contribution in [0.4, 0.5) is 0 Å². The Morgan fingerprint density at radius 3 is 2.75 bits per heavy atom. The lowest BCUT2D eigenvalue weighted by Gasteiger charge is -2.05. The van der Waals surface area contributed by atoms with Crippen molar-refractivity contribution in [1.29, 1.82) is 0 Å². The Labute approximate surface area is 118 Å². The van der Waals surface area contributed by atoms with E-state index >= 15 is 0 Å². The van der Waals surface area contributed by atoms with Crippen molar-refractivity contribution in [3.63, 3.8) is 0 Å². The second-order valence-corrected chi connectivity index (χ2v) is 4.98. The fourth-order valence-electron chi connectivity index (χ4n) is 1.61. The zero-order valence-electron chi connectivity index (χ0n) is 10.4. The lowest BCUT2D eigenvalue weighted by atomic mass is 10.1. The first-order valence-corrected chi connectivity index (χ1v) is 6.64. The third-order valence-corrected chi connectivity index (χ3v) is 3.38. The molecule has 0 saturated heterocycles. The highest BCUT2D eigenvalue weighted by Crippen LogP contribution is 2.21. The highest BCUT2D eigenvalue weighted by Gasteiger charge is 2.07. The largest absolute Gasteiger partial charge is 0.494 e. The van der Waals surface area contributed by atoms with Crippen molar-refractivity contribution in [2.75, 3.05) is 13.2 Å². The number of nitrogens with one attached hydrogen (secondary N) is 1. The molecule has 0 aliphatic carbocycles. The highest BCUT2D eigenvalue weighted by atomic mass is 32.1. The fraction of sp³-hybridized carbons (Fsp3) is 0.250. The Balaban J connectivity index is 1.96. The van der Waals surface area contributed by atoms with Crippen LogP contribution in [0.5, 0.6) is 11.6 Å². The molecule has 0 amide bonds. The van der Waals surface area contributed by atoms with Crippen molar-refractivity contribution in [2.45, 2.75) is 6.42 Å². The number of azide groups is 1. The SMILES string of the molecule is [N-]=[N+]=NCCOc1ccc(Cc2sc(=O)[nH]c2O)cc1. The third kappa shape index (κ3) is 3.78. The van der Waals surface area contributed by atoms with Gasteiger partial charge in [-0.2, -0.15) is 0 Å². The summed E-state index contributed by atoms with van der Waals surface area (Å²) in [7, 11) is 0. The second-order valence-electron chi connectivity index (χ2n) is 3.91. The Hall–Kier alpha value is -2.44. The maximum absolute atomic E-state index is 11.1. The van der Waals surface area contributed by atoms with Gasteiger partial charge in [-0.15, -0.1) is 0 Å². The van der Waals surface area contributed by atoms with Crippen LogP contribution < -0.4 is 9.61 Å². The Morgan fingerprint density at radius 2 is 2.15 bits per heavy atom. The van der Waals surface area contributed by atoms with Gasteiger partial charge in [-0.05, 0) is 23.2 Å². The summed E-state index contributed by atoms with van der Waals surface area (Å²) in [4.78, 5) is 16.4. The first-order valence-electron chi connectivity index (χ1n) is 5.82. The summed E-state index contributed by atoms with van der Waals surface area (Å²) in [6.45, 7) is 0.604. The van der Waals surface area contributed by atoms with Crippen LogP contribution in [0.3, 0.4) is 0 Å². The van der Waals surface area contributed by atoms with Gasteiger partial charge >= 0.3 is 4.87 Å². The number of aromatic nitrogens is 1. The first kappa shape index (κ1) is 14.0. The van der Waals surface area contributed by atoms with Crippen LogP contribution in [-0.4, -0.2) is 23.2 Å². The van der Waals surface area contributed by atoms with Gasteiger partial charge in [0, 0.05) is 11.3 Å². The number of aromatic amines is 1. The van der Waals surface area contributed by atoms with Gasteiger partial charge in [0.2, 0.25) is 5.88 Å². The lowest BCUT2D eigenvalue weighted by Crippen LogP contribution is -2.00. The van der Waals surface area contributed by atoms with Crippen molar-refractivity contribution >= 4 is 11.3 Å². The van der Waals surface area contributed by atoms with Crippen molar-refractivity contribution in [2.24, 2.45) is 5.11 Å². The fourth-order valence-corrected chi connectivity index (χ4v) is 2.37. The molecule has 2 aromatic rings. The molecular weight excluding hydrogens is 280 g/mol. The van der Waals surface area contributed by atoms with Crippen molar-refractivity contribution < 1.29 is 9.84 Å². The quantitative estimate of drug-likeness (QED) is 0.369. The average Bonchev–Trinajstić information content (AvgIpc) is 2.75. The molecule has 1 aromatic carbocycles. The zero-order chi connectivity index (χ0) is 14.4. The Bertz CT molecular complexity index is 671. The standard InChI is InChI=1S/C12H12N4O3S/c13-16-14-5-6-19-9-3-1-8(2-4-9)7-10-11(17)15-12(18)20-10/h1-4,17H,5-7H2,(H,15,18). The summed E-state index contributed by atoms with van der Waals surface area (Å²) in [5.74, 6) is 0.600. The summed E-state index contributed by atoms with van der Waals surface area (Å²) >= 11 is 0.994. The predicted octanol–water partition coefficient (Wildman–Crippen LogP) is 2.42. The number of ether oxygens (including phenoxy) is 1. The minimum atomic E-state index is -0.268. The van der Waals surface area contributed by atoms with Crippen molar-refractivity contribution in [1.82, 2.24) is 4.98 Å². The van der Waals surface area contributed by atoms with Gasteiger partial charge in [-0.3, -0.25) is 9.78 Å². The smallest absolute Gasteiger partial charge is 0.307 e. The van der Waals surface area contributed by atoms with Crippen LogP contribution in [0, 0.1) is 0 Å². The number of nitrogens with zero attached hydrogens (tertiary/aromatic N) is 3. The van der Waals surface area contributed by atoms with Gasteiger partial charge in [-0.1, -0.05) is 28.6 Å². The van der Waals surface area contributed by atoms with Crippen molar-refractivity contribution in [3.8, 4) is 11.6 Å². The molecule has 8 heteroatoms. The lowest BCUT2D eigenvalue weighted by molar-refractivity contribution is 0.328. The molecule has 0 atom stereocenters. The molecule has 1 heterocycles. The summed E-state index contributed by atoms with van der Waals surface area (Å²) in [5.41, 5.74) is 9.08. The Kier molecular flexibility index (Phi) is 4.65. The van der Waals surface area contributed by atoms with E-state index in [1.54, 1.807) is 12.1 Å². The highest BCUT2D eigenvalue weighted by molar-refractivity contribution is 7.09. The summed E-state index contributed by atoms with van der Waals surface area (Å²) in [5, 5.41) is 12.9. The van der Waals surface area contributed by atoms with E-state index in [2.05, 4.69) is 15.0 Å². The third-order valence-electron chi connectivity index (χ3n) is 2.51. The topological polar surface area (TPSA) is 111 Å². The van der Waals surface area contributed by atoms with E-state index in [-0.39, 0.29) is 17.3 Å². The number of H-pyrrole nitrogens is 1. The molecule has 2 rings (SSSR count). The molecule has 7 nitrogen and oxygen atoms in total. The summed E-state index contributed by atoms with van der Waals surface area (Å²) in [6.07, 6.45) is 0.480. The molecule has 0 radical (unpaired) electrons. The molecule has 0 aliphatic heterocycles. The van der Waals surface area contributed by atoms with E-state index in [9.17, 15) is 9.90 Å². The maximum atomic E-state index is 11.1. The van der Waals surface area contributed by atoms with E-state index in [1.165, 1.54) is 0 Å². The molecular formula is C12H12N4O3S. The summed E-state index contributed by atoms with van der Waals surface area (Å²) < 4.78 is 5.37. The number of thiazole rings is 1. The van der Waals surface area contributed by atoms with Crippen LogP contribution in [0.15, 0.2) is 34.2 Å². The molecule has 0 spiro atoms. The average molecular weight is 292 g/mol. The van der Waals surface area contributed by atoms with E-state index in [4.69, 9.17) is 10.3 Å². The molecule has 0 bridgehead atoms. The molecule has 104 valence electrons. The molecule has 2 N–H and O–H groups in total. The number of benzene rings is 1. The van der Waals surface area contributed by atoms with Gasteiger partial charge in [0.05, 0.1) is 18.0 Å². The van der Waals surface area contributed by atoms with Crippen LogP contribution in [0.25, 0.3) is 10.4 Å². The molecule has 0 unspecified atom stereocenters. The van der Waals surface area contributed by atoms with Crippen LogP contribution >= 0.6 is 11.3 Å². The van der Waals surface area contributed by atoms with Gasteiger partial charge in [0.25, 0.3) is 0 Å². The van der Waals surface area contributed by atoms with Gasteiger partial charge in [0.1, 0.15) is 5.75 Å². The number of hydrogen-bond acceptors (Lipinski definition) is 5. The van der Waals surface area contributed by atoms with E-state index < -0.39 is 0 Å². The van der Waals surface area contributed by atoms with E-state index in [0.29, 0.717) is 23.7 Å². The van der Waals surface area contributed by atoms with Gasteiger partial charge in [0.15, 0.2) is 0 Å². The molecule has 0 fully saturated rings. The Morgan fingerprint density at radius 1 is 1.40 bits per heavy atom. The monoisotopic (exact) mass is 292 g/mol. The summed E-state index contributed by atoms with van der Waals surface area (Å²) in [6, 6.07) is 7.29. The van der Waals surface area contributed by atoms with Crippen molar-refractivity contribution in [3.05, 3.63) is 54.8 Å².